The predicted molar refractivity (Wildman–Crippen MR) is 80.9 cm³/mol. The molecule has 0 radical (unpaired) electrons. The Kier molecular flexibility index (Phi) is 3.93. The van der Waals surface area contributed by atoms with Gasteiger partial charge in [0.15, 0.2) is 5.78 Å². The van der Waals surface area contributed by atoms with E-state index in [4.69, 9.17) is 0 Å². The lowest BCUT2D eigenvalue weighted by molar-refractivity contribution is 0.0970. The molecule has 1 heterocycles. The molecular weight excluding hydrogens is 268 g/mol. The number of benzene rings is 1. The fourth-order valence-electron chi connectivity index (χ4n) is 2.21. The molecule has 0 saturated heterocycles. The van der Waals surface area contributed by atoms with Crippen LogP contribution in [0.5, 0.6) is 0 Å². The molecule has 1 aromatic carbocycles. The second kappa shape index (κ2) is 5.52. The minimum atomic E-state index is -0.685. The Bertz CT molecular complexity index is 828. The van der Waals surface area contributed by atoms with E-state index in [2.05, 4.69) is 0 Å². The third kappa shape index (κ3) is 2.86. The van der Waals surface area contributed by atoms with Crippen LogP contribution >= 0.6 is 0 Å². The molecule has 0 unspecified atom stereocenters. The van der Waals surface area contributed by atoms with Crippen molar-refractivity contribution in [2.75, 3.05) is 0 Å². The Morgan fingerprint density at radius 3 is 2.24 bits per heavy atom. The van der Waals surface area contributed by atoms with Crippen LogP contribution < -0.4 is 11.1 Å². The molecule has 0 aliphatic rings. The van der Waals surface area contributed by atoms with Crippen LogP contribution in [0.3, 0.4) is 0 Å². The molecule has 110 valence electrons. The number of aryl methyl sites for hydroxylation is 4. The summed E-state index contributed by atoms with van der Waals surface area (Å²) in [6.07, 6.45) is 2.93. The fourth-order valence-corrected chi connectivity index (χ4v) is 2.21. The number of rotatable bonds is 3. The van der Waals surface area contributed by atoms with E-state index in [1.54, 1.807) is 0 Å². The van der Waals surface area contributed by atoms with Crippen LogP contribution in [0.1, 0.15) is 27.0 Å². The minimum Gasteiger partial charge on any atom is -0.312 e. The van der Waals surface area contributed by atoms with Gasteiger partial charge in [-0.25, -0.2) is 0 Å². The summed E-state index contributed by atoms with van der Waals surface area (Å²) in [5.41, 5.74) is 2.29. The highest BCUT2D eigenvalue weighted by atomic mass is 16.2. The van der Waals surface area contributed by atoms with E-state index in [-0.39, 0.29) is 12.3 Å². The first-order valence-corrected chi connectivity index (χ1v) is 6.68. The minimum absolute atomic E-state index is 0.127. The first-order valence-electron chi connectivity index (χ1n) is 6.68. The van der Waals surface area contributed by atoms with Crippen molar-refractivity contribution in [2.45, 2.75) is 27.3 Å². The third-order valence-electron chi connectivity index (χ3n) is 3.69. The second-order valence-electron chi connectivity index (χ2n) is 5.32. The smallest absolute Gasteiger partial charge is 0.312 e. The number of carbonyl (C=O) groups is 1. The van der Waals surface area contributed by atoms with E-state index in [0.29, 0.717) is 5.56 Å². The molecule has 5 heteroatoms. The maximum atomic E-state index is 12.4. The lowest BCUT2D eigenvalue weighted by atomic mass is 9.98. The lowest BCUT2D eigenvalue weighted by Gasteiger charge is -2.10. The highest BCUT2D eigenvalue weighted by Crippen LogP contribution is 2.16. The van der Waals surface area contributed by atoms with Gasteiger partial charge in [-0.05, 0) is 43.5 Å². The van der Waals surface area contributed by atoms with Gasteiger partial charge >= 0.3 is 11.1 Å². The lowest BCUT2D eigenvalue weighted by Crippen LogP contribution is -2.40. The van der Waals surface area contributed by atoms with Crippen molar-refractivity contribution < 1.29 is 4.79 Å². The van der Waals surface area contributed by atoms with Gasteiger partial charge in [-0.15, -0.1) is 0 Å². The van der Waals surface area contributed by atoms with Crippen LogP contribution in [-0.2, 0) is 13.6 Å². The van der Waals surface area contributed by atoms with E-state index in [1.807, 2.05) is 32.9 Å². The molecule has 21 heavy (non-hydrogen) atoms. The molecule has 0 spiro atoms. The molecule has 0 aliphatic heterocycles. The van der Waals surface area contributed by atoms with Crippen LogP contribution in [-0.4, -0.2) is 14.9 Å². The molecule has 1 aromatic heterocycles. The number of carbonyl (C=O) groups excluding carboxylic acids is 1. The highest BCUT2D eigenvalue weighted by molar-refractivity contribution is 5.97. The van der Waals surface area contributed by atoms with Crippen LogP contribution in [0.25, 0.3) is 0 Å². The van der Waals surface area contributed by atoms with Gasteiger partial charge in [0.1, 0.15) is 0 Å². The van der Waals surface area contributed by atoms with Crippen molar-refractivity contribution in [3.8, 4) is 0 Å². The van der Waals surface area contributed by atoms with Crippen LogP contribution in [0.2, 0.25) is 0 Å². The Morgan fingerprint density at radius 2 is 1.57 bits per heavy atom. The monoisotopic (exact) mass is 286 g/mol. The van der Waals surface area contributed by atoms with Gasteiger partial charge in [-0.2, -0.15) is 0 Å². The summed E-state index contributed by atoms with van der Waals surface area (Å²) in [5, 5.41) is 0. The van der Waals surface area contributed by atoms with E-state index < -0.39 is 11.1 Å². The SMILES string of the molecule is Cc1cc(C)c(C(=O)Cn2ccn(C)c(=O)c2=O)cc1C. The zero-order valence-corrected chi connectivity index (χ0v) is 12.6. The first kappa shape index (κ1) is 15.0. The first-order chi connectivity index (χ1) is 9.81. The molecule has 0 amide bonds. The largest absolute Gasteiger partial charge is 0.316 e. The molecule has 0 atom stereocenters. The van der Waals surface area contributed by atoms with Crippen molar-refractivity contribution in [1.29, 1.82) is 0 Å². The van der Waals surface area contributed by atoms with Gasteiger partial charge in [-0.3, -0.25) is 14.4 Å². The summed E-state index contributed by atoms with van der Waals surface area (Å²) in [7, 11) is 1.50. The van der Waals surface area contributed by atoms with Crippen molar-refractivity contribution in [3.05, 3.63) is 67.5 Å². The van der Waals surface area contributed by atoms with Gasteiger partial charge in [0, 0.05) is 25.0 Å². The Labute approximate surface area is 122 Å². The molecule has 2 aromatic rings. The maximum absolute atomic E-state index is 12.4. The predicted octanol–water partition coefficient (Wildman–Crippen LogP) is 1.36. The molecule has 0 fully saturated rings. The van der Waals surface area contributed by atoms with Gasteiger partial charge < -0.3 is 9.13 Å². The number of nitrogens with zero attached hydrogens (tertiary/aromatic N) is 2. The maximum Gasteiger partial charge on any atom is 0.316 e. The van der Waals surface area contributed by atoms with Crippen molar-refractivity contribution in [3.63, 3.8) is 0 Å². The molecule has 2 rings (SSSR count). The molecule has 0 bridgehead atoms. The summed E-state index contributed by atoms with van der Waals surface area (Å²) in [4.78, 5) is 35.8. The average Bonchev–Trinajstić information content (AvgIpc) is 2.43. The topological polar surface area (TPSA) is 61.1 Å². The average molecular weight is 286 g/mol. The Hall–Kier alpha value is -2.43. The third-order valence-corrected chi connectivity index (χ3v) is 3.69. The summed E-state index contributed by atoms with van der Waals surface area (Å²) >= 11 is 0. The van der Waals surface area contributed by atoms with E-state index >= 15 is 0 Å². The molecule has 5 nitrogen and oxygen atoms in total. The summed E-state index contributed by atoms with van der Waals surface area (Å²) in [6, 6.07) is 3.79. The number of hydrogen-bond acceptors (Lipinski definition) is 3. The number of ketones is 1. The number of Topliss-reactive ketones (excluding diaryl/α,β-unsaturated/α-hetero) is 1. The fraction of sp³-hybridized carbons (Fsp3) is 0.312. The quantitative estimate of drug-likeness (QED) is 0.632. The van der Waals surface area contributed by atoms with Crippen molar-refractivity contribution >= 4 is 5.78 Å². The Morgan fingerprint density at radius 1 is 0.952 bits per heavy atom. The van der Waals surface area contributed by atoms with Crippen LogP contribution in [0, 0.1) is 20.8 Å². The standard InChI is InChI=1S/C16H18N2O3/c1-10-7-12(3)13(8-11(10)2)14(19)9-18-6-5-17(4)15(20)16(18)21/h5-8H,9H2,1-4H3. The van der Waals surface area contributed by atoms with E-state index in [0.717, 1.165) is 21.3 Å². The molecular formula is C16H18N2O3. The van der Waals surface area contributed by atoms with Gasteiger partial charge in [0.25, 0.3) is 0 Å². The summed E-state index contributed by atoms with van der Waals surface area (Å²) in [5.74, 6) is -0.175. The number of hydrogen-bond donors (Lipinski definition) is 0. The van der Waals surface area contributed by atoms with Crippen molar-refractivity contribution in [2.24, 2.45) is 7.05 Å². The van der Waals surface area contributed by atoms with Gasteiger partial charge in [-0.1, -0.05) is 6.07 Å². The van der Waals surface area contributed by atoms with Crippen LogP contribution in [0.15, 0.2) is 34.1 Å². The Balaban J connectivity index is 2.40. The highest BCUT2D eigenvalue weighted by Gasteiger charge is 2.13. The zero-order valence-electron chi connectivity index (χ0n) is 12.6. The van der Waals surface area contributed by atoms with E-state index in [1.165, 1.54) is 24.0 Å². The van der Waals surface area contributed by atoms with Gasteiger partial charge in [0.05, 0.1) is 6.54 Å². The molecule has 0 saturated carbocycles. The van der Waals surface area contributed by atoms with Crippen LogP contribution in [0.4, 0.5) is 0 Å². The summed E-state index contributed by atoms with van der Waals surface area (Å²) < 4.78 is 2.35. The van der Waals surface area contributed by atoms with E-state index in [9.17, 15) is 14.4 Å². The normalized spacial score (nSPS) is 10.7. The molecule has 0 N–H and O–H groups in total. The van der Waals surface area contributed by atoms with Gasteiger partial charge in [0.2, 0.25) is 0 Å². The second-order valence-corrected chi connectivity index (χ2v) is 5.32. The molecule has 0 aliphatic carbocycles. The number of aromatic nitrogens is 2. The van der Waals surface area contributed by atoms with Crippen molar-refractivity contribution in [1.82, 2.24) is 9.13 Å². The zero-order chi connectivity index (χ0) is 15.7. The summed E-state index contributed by atoms with van der Waals surface area (Å²) in [6.45, 7) is 5.67.